The van der Waals surface area contributed by atoms with Crippen molar-refractivity contribution in [2.24, 2.45) is 52.3 Å². The Morgan fingerprint density at radius 3 is 2.55 bits per heavy atom. The van der Waals surface area contributed by atoms with Gasteiger partial charge in [0, 0.05) is 29.4 Å². The van der Waals surface area contributed by atoms with E-state index in [2.05, 4.69) is 30.3 Å². The first-order valence-electron chi connectivity index (χ1n) is 7.98. The van der Waals surface area contributed by atoms with Crippen LogP contribution in [-0.4, -0.2) is 11.5 Å². The predicted octanol–water partition coefficient (Wildman–Crippen LogP) is 2.58. The van der Waals surface area contributed by atoms with Crippen molar-refractivity contribution in [1.82, 2.24) is 0 Å². The lowest BCUT2D eigenvalue weighted by Gasteiger charge is -2.43. The second kappa shape index (κ2) is 3.08. The number of carbonyl (C=O) groups is 1. The molecule has 2 nitrogen and oxygen atoms in total. The summed E-state index contributed by atoms with van der Waals surface area (Å²) in [6.45, 7) is 0.811. The Labute approximate surface area is 118 Å². The second-order valence-electron chi connectivity index (χ2n) is 7.45. The molecule has 5 aliphatic carbocycles. The van der Waals surface area contributed by atoms with Crippen LogP contribution in [0.4, 0.5) is 0 Å². The van der Waals surface area contributed by atoms with Crippen molar-refractivity contribution in [3.63, 3.8) is 0 Å². The molecule has 2 bridgehead atoms. The third kappa shape index (κ3) is 0.878. The molecular formula is C18H17NO. The zero-order valence-electron chi connectivity index (χ0n) is 11.3. The van der Waals surface area contributed by atoms with E-state index >= 15 is 0 Å². The predicted molar refractivity (Wildman–Crippen MR) is 75.1 cm³/mol. The van der Waals surface area contributed by atoms with Crippen molar-refractivity contribution in [3.8, 4) is 0 Å². The fourth-order valence-corrected chi connectivity index (χ4v) is 6.81. The zero-order valence-corrected chi connectivity index (χ0v) is 11.3. The lowest BCUT2D eigenvalue weighted by Crippen LogP contribution is -2.48. The molecule has 5 aliphatic rings. The Morgan fingerprint density at radius 2 is 1.70 bits per heavy atom. The van der Waals surface area contributed by atoms with E-state index in [-0.39, 0.29) is 0 Å². The summed E-state index contributed by atoms with van der Waals surface area (Å²) in [6.07, 6.45) is 1.34. The lowest BCUT2D eigenvalue weighted by atomic mass is 9.59. The molecule has 0 heterocycles. The molecule has 0 amide bonds. The molecule has 0 aliphatic heterocycles. The van der Waals surface area contributed by atoms with Crippen molar-refractivity contribution in [2.75, 3.05) is 0 Å². The van der Waals surface area contributed by atoms with Gasteiger partial charge in [0.2, 0.25) is 0 Å². The number of Topliss-reactive ketones (excluding diaryl/α,β-unsaturated/α-hetero) is 1. The molecule has 2 heteroatoms. The van der Waals surface area contributed by atoms with Gasteiger partial charge in [-0.15, -0.1) is 0 Å². The number of hydrogen-bond donors (Lipinski definition) is 0. The highest BCUT2D eigenvalue weighted by molar-refractivity contribution is 6.08. The van der Waals surface area contributed by atoms with Gasteiger partial charge in [-0.3, -0.25) is 9.79 Å². The van der Waals surface area contributed by atoms with Crippen LogP contribution in [0.25, 0.3) is 0 Å². The minimum Gasteiger partial charge on any atom is -0.299 e. The normalized spacial score (nSPS) is 54.2. The van der Waals surface area contributed by atoms with Crippen LogP contribution in [0.2, 0.25) is 0 Å². The monoisotopic (exact) mass is 263 g/mol. The number of carbonyl (C=O) groups excluding carboxylic acids is 1. The average Bonchev–Trinajstić information content (AvgIpc) is 2.97. The summed E-state index contributed by atoms with van der Waals surface area (Å²) in [6, 6.07) is 10.5. The average molecular weight is 263 g/mol. The molecular weight excluding hydrogens is 246 g/mol. The number of aliphatic imine (C=N–C) groups is 1. The molecule has 0 unspecified atom stereocenters. The summed E-state index contributed by atoms with van der Waals surface area (Å²) in [7, 11) is 0. The van der Waals surface area contributed by atoms with Crippen molar-refractivity contribution >= 4 is 11.5 Å². The summed E-state index contributed by atoms with van der Waals surface area (Å²) < 4.78 is 0. The molecule has 20 heavy (non-hydrogen) atoms. The van der Waals surface area contributed by atoms with Crippen molar-refractivity contribution in [1.29, 1.82) is 0 Å². The molecule has 0 radical (unpaired) electrons. The van der Waals surface area contributed by atoms with E-state index in [4.69, 9.17) is 4.99 Å². The Balaban J connectivity index is 1.41. The first-order chi connectivity index (χ1) is 9.86. The van der Waals surface area contributed by atoms with Gasteiger partial charge in [0.05, 0.1) is 6.54 Å². The molecule has 0 N–H and O–H groups in total. The van der Waals surface area contributed by atoms with Crippen LogP contribution in [0, 0.1) is 47.3 Å². The van der Waals surface area contributed by atoms with Crippen molar-refractivity contribution < 1.29 is 4.79 Å². The smallest absolute Gasteiger partial charge is 0.140 e. The van der Waals surface area contributed by atoms with Gasteiger partial charge in [-0.1, -0.05) is 30.3 Å². The first-order valence-corrected chi connectivity index (χ1v) is 7.98. The summed E-state index contributed by atoms with van der Waals surface area (Å²) in [5.41, 5.74) is 2.75. The second-order valence-corrected chi connectivity index (χ2v) is 7.45. The minimum absolute atomic E-state index is 0.388. The maximum Gasteiger partial charge on any atom is 0.140 e. The quantitative estimate of drug-likeness (QED) is 0.806. The molecule has 100 valence electrons. The van der Waals surface area contributed by atoms with Gasteiger partial charge in [-0.05, 0) is 35.7 Å². The van der Waals surface area contributed by atoms with E-state index < -0.39 is 0 Å². The number of nitrogens with zero attached hydrogens (tertiary/aromatic N) is 1. The Bertz CT molecular complexity index is 663. The van der Waals surface area contributed by atoms with Crippen LogP contribution in [-0.2, 0) is 11.3 Å². The van der Waals surface area contributed by atoms with Gasteiger partial charge in [0.15, 0.2) is 0 Å². The van der Waals surface area contributed by atoms with Crippen LogP contribution in [0.1, 0.15) is 12.0 Å². The van der Waals surface area contributed by atoms with Crippen LogP contribution >= 0.6 is 0 Å². The van der Waals surface area contributed by atoms with Gasteiger partial charge >= 0.3 is 0 Å². The van der Waals surface area contributed by atoms with Crippen molar-refractivity contribution in [3.05, 3.63) is 35.9 Å². The molecule has 8 atom stereocenters. The van der Waals surface area contributed by atoms with Gasteiger partial charge in [-0.2, -0.15) is 0 Å². The SMILES string of the molecule is O=C1[C@H]2[C@@H]3C[C@@H]4[C@H]2C(=NCc2ccccc2)[C@H]2[C@H]1[C@H]3[C@H]42. The Kier molecular flexibility index (Phi) is 1.59. The largest absolute Gasteiger partial charge is 0.299 e. The number of benzene rings is 1. The minimum atomic E-state index is 0.388. The zero-order chi connectivity index (χ0) is 13.0. The summed E-state index contributed by atoms with van der Waals surface area (Å²) in [5.74, 6) is 5.76. The Hall–Kier alpha value is -1.44. The van der Waals surface area contributed by atoms with Gasteiger partial charge in [0.1, 0.15) is 5.78 Å². The van der Waals surface area contributed by atoms with Crippen LogP contribution in [0.3, 0.4) is 0 Å². The molecule has 0 spiro atoms. The molecule has 0 saturated heterocycles. The maximum atomic E-state index is 12.5. The molecule has 5 fully saturated rings. The highest BCUT2D eigenvalue weighted by atomic mass is 16.1. The highest BCUT2D eigenvalue weighted by Gasteiger charge is 2.83. The molecule has 1 aromatic rings. The number of hydrogen-bond acceptors (Lipinski definition) is 2. The van der Waals surface area contributed by atoms with Gasteiger partial charge in [0.25, 0.3) is 0 Å². The fourth-order valence-electron chi connectivity index (χ4n) is 6.81. The standard InChI is InChI=1S/C18H17NO/c20-18-14-10-6-9-11-12(10)16(18)15(11)17(13(9)14)19-7-8-4-2-1-3-5-8/h1-5,9-16H,6-7H2/t9-,10+,11-,12+,13+,14-,15+,16+/m0/s1. The van der Waals surface area contributed by atoms with E-state index in [1.54, 1.807) is 0 Å². The van der Waals surface area contributed by atoms with E-state index in [0.29, 0.717) is 29.5 Å². The van der Waals surface area contributed by atoms with E-state index in [1.807, 2.05) is 0 Å². The van der Waals surface area contributed by atoms with E-state index in [1.165, 1.54) is 17.7 Å². The third-order valence-corrected chi connectivity index (χ3v) is 7.13. The number of ketones is 1. The topological polar surface area (TPSA) is 29.4 Å². The number of fused-ring (bicyclic) bond motifs is 2. The summed E-state index contributed by atoms with van der Waals surface area (Å²) in [4.78, 5) is 17.5. The third-order valence-electron chi connectivity index (χ3n) is 7.13. The fraction of sp³-hybridized carbons (Fsp3) is 0.556. The van der Waals surface area contributed by atoms with E-state index in [9.17, 15) is 4.79 Å². The Morgan fingerprint density at radius 1 is 0.950 bits per heavy atom. The van der Waals surface area contributed by atoms with Gasteiger partial charge in [-0.25, -0.2) is 0 Å². The van der Waals surface area contributed by atoms with Crippen LogP contribution in [0.5, 0.6) is 0 Å². The van der Waals surface area contributed by atoms with E-state index in [0.717, 1.165) is 30.2 Å². The highest BCUT2D eigenvalue weighted by Crippen LogP contribution is 2.80. The number of rotatable bonds is 2. The summed E-state index contributed by atoms with van der Waals surface area (Å²) >= 11 is 0. The van der Waals surface area contributed by atoms with Crippen LogP contribution < -0.4 is 0 Å². The van der Waals surface area contributed by atoms with Crippen LogP contribution in [0.15, 0.2) is 35.3 Å². The van der Waals surface area contributed by atoms with Crippen molar-refractivity contribution in [2.45, 2.75) is 13.0 Å². The first kappa shape index (κ1) is 10.3. The lowest BCUT2D eigenvalue weighted by molar-refractivity contribution is -0.129. The maximum absolute atomic E-state index is 12.5. The molecule has 5 saturated carbocycles. The van der Waals surface area contributed by atoms with Gasteiger partial charge < -0.3 is 0 Å². The summed E-state index contributed by atoms with van der Waals surface area (Å²) in [5, 5.41) is 0. The molecule has 1 aromatic carbocycles. The molecule has 0 aromatic heterocycles. The molecule has 6 rings (SSSR count).